The molecule has 0 bridgehead atoms. The molecule has 1 aromatic heterocycles. The van der Waals surface area contributed by atoms with Gasteiger partial charge >= 0.3 is 0 Å². The number of anilines is 1. The van der Waals surface area contributed by atoms with Gasteiger partial charge in [0.1, 0.15) is 24.0 Å². The number of nitrogens with two attached hydrogens (primary N) is 1. The minimum Gasteiger partial charge on any atom is -0.492 e. The number of aromatic nitrogens is 2. The number of methoxy groups -OCH3 is 1. The van der Waals surface area contributed by atoms with Crippen LogP contribution in [0, 0.1) is 3.57 Å². The lowest BCUT2D eigenvalue weighted by Gasteiger charge is -2.12. The molecule has 0 saturated heterocycles. The van der Waals surface area contributed by atoms with Crippen molar-refractivity contribution in [1.29, 1.82) is 0 Å². The maximum Gasteiger partial charge on any atom is 0.142 e. The van der Waals surface area contributed by atoms with Crippen LogP contribution in [-0.2, 0) is 11.3 Å². The predicted octanol–water partition coefficient (Wildman–Crippen LogP) is 2.33. The first kappa shape index (κ1) is 13.6. The summed E-state index contributed by atoms with van der Waals surface area (Å²) in [4.78, 5) is 9.02. The Labute approximate surface area is 130 Å². The van der Waals surface area contributed by atoms with Gasteiger partial charge in [0.2, 0.25) is 0 Å². The molecule has 1 atom stereocenters. The second kappa shape index (κ2) is 5.53. The number of ether oxygens (including phenoxy) is 2. The average molecular weight is 383 g/mol. The van der Waals surface area contributed by atoms with E-state index in [2.05, 4.69) is 32.6 Å². The summed E-state index contributed by atoms with van der Waals surface area (Å²) in [6.45, 7) is 0.971. The Kier molecular flexibility index (Phi) is 3.75. The molecule has 0 radical (unpaired) electrons. The number of rotatable bonds is 3. The van der Waals surface area contributed by atoms with E-state index in [4.69, 9.17) is 15.2 Å². The van der Waals surface area contributed by atoms with Crippen molar-refractivity contribution < 1.29 is 9.47 Å². The maximum atomic E-state index is 5.98. The lowest BCUT2D eigenvalue weighted by molar-refractivity contribution is 0.180. The number of nitrogen functional groups attached to an aromatic ring is 1. The highest BCUT2D eigenvalue weighted by atomic mass is 127. The van der Waals surface area contributed by atoms with Gasteiger partial charge in [0, 0.05) is 12.7 Å². The standard InChI is InChI=1S/C14H14IN3O2/c1-19-7-10-12(15)13(16)18-14(17-10)9-6-20-11-5-3-2-4-8(9)11/h2-5,9H,6-7H2,1H3,(H2,16,17,18). The van der Waals surface area contributed by atoms with E-state index < -0.39 is 0 Å². The van der Waals surface area contributed by atoms with Gasteiger partial charge in [0.25, 0.3) is 0 Å². The zero-order valence-corrected chi connectivity index (χ0v) is 13.1. The molecule has 1 aliphatic heterocycles. The first-order valence-electron chi connectivity index (χ1n) is 6.23. The fourth-order valence-corrected chi connectivity index (χ4v) is 2.69. The molecule has 6 heteroatoms. The van der Waals surface area contributed by atoms with Crippen LogP contribution in [0.15, 0.2) is 24.3 Å². The summed E-state index contributed by atoms with van der Waals surface area (Å²) >= 11 is 2.15. The summed E-state index contributed by atoms with van der Waals surface area (Å²) in [5.41, 5.74) is 7.91. The Balaban J connectivity index is 2.03. The Morgan fingerprint density at radius 3 is 3.00 bits per heavy atom. The number of benzene rings is 1. The molecule has 0 aliphatic carbocycles. The van der Waals surface area contributed by atoms with Crippen molar-refractivity contribution in [2.45, 2.75) is 12.5 Å². The van der Waals surface area contributed by atoms with Gasteiger partial charge < -0.3 is 15.2 Å². The fourth-order valence-electron chi connectivity index (χ4n) is 2.30. The smallest absolute Gasteiger partial charge is 0.142 e. The zero-order valence-electron chi connectivity index (χ0n) is 11.0. The van der Waals surface area contributed by atoms with E-state index >= 15 is 0 Å². The van der Waals surface area contributed by atoms with Crippen LogP contribution in [0.25, 0.3) is 0 Å². The highest BCUT2D eigenvalue weighted by Gasteiger charge is 2.28. The third-order valence-corrected chi connectivity index (χ3v) is 4.43. The highest BCUT2D eigenvalue weighted by molar-refractivity contribution is 14.1. The van der Waals surface area contributed by atoms with E-state index in [1.807, 2.05) is 24.3 Å². The Morgan fingerprint density at radius 1 is 1.40 bits per heavy atom. The minimum absolute atomic E-state index is 0.0288. The SMILES string of the molecule is COCc1nc(C2COc3ccccc32)nc(N)c1I. The van der Waals surface area contributed by atoms with Crippen LogP contribution in [0.2, 0.25) is 0 Å². The van der Waals surface area contributed by atoms with E-state index in [0.29, 0.717) is 24.9 Å². The molecule has 0 spiro atoms. The number of halogens is 1. The molecule has 2 N–H and O–H groups in total. The molecule has 2 aromatic rings. The zero-order chi connectivity index (χ0) is 14.1. The lowest BCUT2D eigenvalue weighted by atomic mass is 10.0. The van der Waals surface area contributed by atoms with Crippen molar-refractivity contribution in [1.82, 2.24) is 9.97 Å². The highest BCUT2D eigenvalue weighted by Crippen LogP contribution is 2.37. The molecule has 1 aliphatic rings. The molecule has 2 heterocycles. The van der Waals surface area contributed by atoms with Crippen LogP contribution < -0.4 is 10.5 Å². The summed E-state index contributed by atoms with van der Waals surface area (Å²) < 4.78 is 11.7. The van der Waals surface area contributed by atoms with Crippen LogP contribution in [0.5, 0.6) is 5.75 Å². The monoisotopic (exact) mass is 383 g/mol. The van der Waals surface area contributed by atoms with Gasteiger partial charge in [-0.1, -0.05) is 18.2 Å². The number of hydrogen-bond acceptors (Lipinski definition) is 5. The molecular weight excluding hydrogens is 369 g/mol. The summed E-state index contributed by atoms with van der Waals surface area (Å²) in [6.07, 6.45) is 0. The molecule has 20 heavy (non-hydrogen) atoms. The second-order valence-corrected chi connectivity index (χ2v) is 5.64. The van der Waals surface area contributed by atoms with Gasteiger partial charge in [-0.15, -0.1) is 0 Å². The van der Waals surface area contributed by atoms with Gasteiger partial charge in [-0.25, -0.2) is 9.97 Å². The van der Waals surface area contributed by atoms with Crippen LogP contribution in [0.1, 0.15) is 23.0 Å². The molecule has 5 nitrogen and oxygen atoms in total. The number of nitrogens with zero attached hydrogens (tertiary/aromatic N) is 2. The van der Waals surface area contributed by atoms with Gasteiger partial charge in [-0.3, -0.25) is 0 Å². The third-order valence-electron chi connectivity index (χ3n) is 3.26. The predicted molar refractivity (Wildman–Crippen MR) is 83.7 cm³/mol. The van der Waals surface area contributed by atoms with Crippen molar-refractivity contribution in [3.05, 3.63) is 44.9 Å². The van der Waals surface area contributed by atoms with E-state index in [9.17, 15) is 0 Å². The van der Waals surface area contributed by atoms with Gasteiger partial charge in [0.15, 0.2) is 0 Å². The minimum atomic E-state index is 0.0288. The number of para-hydroxylation sites is 1. The van der Waals surface area contributed by atoms with Crippen molar-refractivity contribution >= 4 is 28.4 Å². The molecule has 1 aromatic carbocycles. The summed E-state index contributed by atoms with van der Waals surface area (Å²) in [7, 11) is 1.64. The molecule has 1 unspecified atom stereocenters. The van der Waals surface area contributed by atoms with Crippen molar-refractivity contribution in [3.8, 4) is 5.75 Å². The van der Waals surface area contributed by atoms with Crippen LogP contribution in [0.4, 0.5) is 5.82 Å². The van der Waals surface area contributed by atoms with Crippen LogP contribution in [-0.4, -0.2) is 23.7 Å². The van der Waals surface area contributed by atoms with Crippen molar-refractivity contribution in [2.75, 3.05) is 19.5 Å². The largest absolute Gasteiger partial charge is 0.492 e. The van der Waals surface area contributed by atoms with E-state index in [1.165, 1.54) is 0 Å². The van der Waals surface area contributed by atoms with Crippen molar-refractivity contribution in [3.63, 3.8) is 0 Å². The van der Waals surface area contributed by atoms with Gasteiger partial charge in [-0.05, 0) is 28.7 Å². The topological polar surface area (TPSA) is 70.3 Å². The van der Waals surface area contributed by atoms with E-state index in [-0.39, 0.29) is 5.92 Å². The lowest BCUT2D eigenvalue weighted by Crippen LogP contribution is -2.13. The molecule has 0 fully saturated rings. The van der Waals surface area contributed by atoms with E-state index in [0.717, 1.165) is 20.6 Å². The molecular formula is C14H14IN3O2. The van der Waals surface area contributed by atoms with Crippen LogP contribution in [0.3, 0.4) is 0 Å². The number of fused-ring (bicyclic) bond motifs is 1. The maximum absolute atomic E-state index is 5.98. The van der Waals surface area contributed by atoms with E-state index in [1.54, 1.807) is 7.11 Å². The van der Waals surface area contributed by atoms with Crippen LogP contribution >= 0.6 is 22.6 Å². The Morgan fingerprint density at radius 2 is 2.20 bits per heavy atom. The third kappa shape index (κ3) is 2.33. The van der Waals surface area contributed by atoms with Gasteiger partial charge in [0.05, 0.1) is 21.8 Å². The first-order chi connectivity index (χ1) is 9.70. The molecule has 3 rings (SSSR count). The average Bonchev–Trinajstić information content (AvgIpc) is 2.88. The number of hydrogen-bond donors (Lipinski definition) is 1. The normalized spacial score (nSPS) is 16.8. The molecule has 0 saturated carbocycles. The Hall–Kier alpha value is -1.41. The summed E-state index contributed by atoms with van der Waals surface area (Å²) in [5.74, 6) is 2.11. The molecule has 0 amide bonds. The molecule has 104 valence electrons. The summed E-state index contributed by atoms with van der Waals surface area (Å²) in [6, 6.07) is 7.95. The summed E-state index contributed by atoms with van der Waals surface area (Å²) in [5, 5.41) is 0. The van der Waals surface area contributed by atoms with Crippen molar-refractivity contribution in [2.24, 2.45) is 0 Å². The Bertz CT molecular complexity index is 648. The second-order valence-electron chi connectivity index (χ2n) is 4.56. The first-order valence-corrected chi connectivity index (χ1v) is 7.31. The quantitative estimate of drug-likeness (QED) is 0.824. The fraction of sp³-hybridized carbons (Fsp3) is 0.286. The van der Waals surface area contributed by atoms with Gasteiger partial charge in [-0.2, -0.15) is 0 Å².